The minimum atomic E-state index is 1.00. The van der Waals surface area contributed by atoms with Crippen LogP contribution in [-0.4, -0.2) is 9.78 Å². The smallest absolute Gasteiger partial charge is 0.131 e. The van der Waals surface area contributed by atoms with E-state index in [4.69, 9.17) is 0 Å². The normalized spacial score (nSPS) is 11.1. The first-order valence-electron chi connectivity index (χ1n) is 4.85. The first-order valence-corrected chi connectivity index (χ1v) is 5.93. The molecule has 0 unspecified atom stereocenters. The lowest BCUT2D eigenvalue weighted by atomic mass is 10.2. The van der Waals surface area contributed by atoms with E-state index in [9.17, 15) is 0 Å². The zero-order valence-electron chi connectivity index (χ0n) is 8.42. The van der Waals surface area contributed by atoms with Gasteiger partial charge in [-0.05, 0) is 41.5 Å². The van der Waals surface area contributed by atoms with E-state index in [-0.39, 0.29) is 0 Å². The quantitative estimate of drug-likeness (QED) is 0.778. The maximum absolute atomic E-state index is 4.54. The Bertz CT molecular complexity index is 460. The molecule has 0 saturated heterocycles. The average Bonchev–Trinajstić information content (AvgIpc) is 2.46. The molecule has 2 nitrogen and oxygen atoms in total. The van der Waals surface area contributed by atoms with Crippen LogP contribution in [0.1, 0.15) is 18.9 Å². The molecular weight excluding hydrogens is 287 g/mol. The van der Waals surface area contributed by atoms with Crippen molar-refractivity contribution in [3.05, 3.63) is 27.5 Å². The van der Waals surface area contributed by atoms with E-state index >= 15 is 0 Å². The predicted octanol–water partition coefficient (Wildman–Crippen LogP) is 3.36. The van der Waals surface area contributed by atoms with Crippen LogP contribution in [0, 0.1) is 10.6 Å². The van der Waals surface area contributed by atoms with Crippen LogP contribution in [-0.2, 0) is 6.54 Å². The molecule has 0 radical (unpaired) electrons. The van der Waals surface area contributed by atoms with E-state index < -0.39 is 0 Å². The SMILES string of the molecule is CCCn1nc(I)c2cccc(C)c21. The third kappa shape index (κ3) is 1.54. The van der Waals surface area contributed by atoms with Crippen molar-refractivity contribution in [3.8, 4) is 0 Å². The third-order valence-corrected chi connectivity index (χ3v) is 3.16. The van der Waals surface area contributed by atoms with Crippen LogP contribution in [0.4, 0.5) is 0 Å². The van der Waals surface area contributed by atoms with Gasteiger partial charge in [0.05, 0.1) is 5.52 Å². The Balaban J connectivity index is 2.72. The highest BCUT2D eigenvalue weighted by Crippen LogP contribution is 2.23. The number of nitrogens with zero attached hydrogens (tertiary/aromatic N) is 2. The van der Waals surface area contributed by atoms with Crippen molar-refractivity contribution < 1.29 is 0 Å². The van der Waals surface area contributed by atoms with Gasteiger partial charge in [0.1, 0.15) is 3.70 Å². The topological polar surface area (TPSA) is 17.8 Å². The molecule has 1 aromatic carbocycles. The van der Waals surface area contributed by atoms with Crippen molar-refractivity contribution in [1.82, 2.24) is 9.78 Å². The van der Waals surface area contributed by atoms with Crippen LogP contribution in [0.3, 0.4) is 0 Å². The summed E-state index contributed by atoms with van der Waals surface area (Å²) in [6.45, 7) is 5.33. The molecule has 1 heterocycles. The van der Waals surface area contributed by atoms with E-state index in [1.807, 2.05) is 0 Å². The van der Waals surface area contributed by atoms with Crippen LogP contribution in [0.25, 0.3) is 10.9 Å². The Morgan fingerprint density at radius 1 is 1.43 bits per heavy atom. The predicted molar refractivity (Wildman–Crippen MR) is 67.5 cm³/mol. The van der Waals surface area contributed by atoms with Crippen molar-refractivity contribution in [2.24, 2.45) is 0 Å². The molecule has 0 spiro atoms. The molecule has 0 aliphatic rings. The van der Waals surface area contributed by atoms with Crippen LogP contribution >= 0.6 is 22.6 Å². The van der Waals surface area contributed by atoms with E-state index in [1.54, 1.807) is 0 Å². The molecule has 0 aliphatic carbocycles. The number of hydrogen-bond acceptors (Lipinski definition) is 1. The fourth-order valence-corrected chi connectivity index (χ4v) is 2.45. The molecule has 0 N–H and O–H groups in total. The lowest BCUT2D eigenvalue weighted by molar-refractivity contribution is 0.617. The molecule has 2 rings (SSSR count). The second kappa shape index (κ2) is 3.88. The maximum Gasteiger partial charge on any atom is 0.131 e. The number of fused-ring (bicyclic) bond motifs is 1. The monoisotopic (exact) mass is 300 g/mol. The molecule has 0 atom stereocenters. The molecule has 0 fully saturated rings. The zero-order chi connectivity index (χ0) is 10.1. The molecule has 3 heteroatoms. The number of para-hydroxylation sites is 1. The lowest BCUT2D eigenvalue weighted by Crippen LogP contribution is -1.99. The van der Waals surface area contributed by atoms with Crippen LogP contribution in [0.2, 0.25) is 0 Å². The third-order valence-electron chi connectivity index (χ3n) is 2.36. The highest BCUT2D eigenvalue weighted by molar-refractivity contribution is 14.1. The largest absolute Gasteiger partial charge is 0.264 e. The zero-order valence-corrected chi connectivity index (χ0v) is 10.6. The van der Waals surface area contributed by atoms with Gasteiger partial charge in [0, 0.05) is 11.9 Å². The fourth-order valence-electron chi connectivity index (χ4n) is 1.75. The number of aromatic nitrogens is 2. The molecule has 0 saturated carbocycles. The summed E-state index contributed by atoms with van der Waals surface area (Å²) in [4.78, 5) is 0. The summed E-state index contributed by atoms with van der Waals surface area (Å²) in [6.07, 6.45) is 1.13. The summed E-state index contributed by atoms with van der Waals surface area (Å²) in [5.74, 6) is 0. The van der Waals surface area contributed by atoms with E-state index in [0.29, 0.717) is 0 Å². The van der Waals surface area contributed by atoms with Gasteiger partial charge in [-0.3, -0.25) is 4.68 Å². The minimum Gasteiger partial charge on any atom is -0.264 e. The average molecular weight is 300 g/mol. The summed E-state index contributed by atoms with van der Waals surface area (Å²) in [6, 6.07) is 6.38. The second-order valence-corrected chi connectivity index (χ2v) is 4.51. The van der Waals surface area contributed by atoms with Gasteiger partial charge in [-0.15, -0.1) is 0 Å². The van der Waals surface area contributed by atoms with Crippen LogP contribution < -0.4 is 0 Å². The van der Waals surface area contributed by atoms with Crippen molar-refractivity contribution in [1.29, 1.82) is 0 Å². The van der Waals surface area contributed by atoms with Crippen molar-refractivity contribution in [3.63, 3.8) is 0 Å². The van der Waals surface area contributed by atoms with Gasteiger partial charge >= 0.3 is 0 Å². The van der Waals surface area contributed by atoms with E-state index in [1.165, 1.54) is 16.5 Å². The molecule has 14 heavy (non-hydrogen) atoms. The van der Waals surface area contributed by atoms with E-state index in [2.05, 4.69) is 64.4 Å². The molecule has 0 bridgehead atoms. The molecule has 1 aromatic heterocycles. The molecule has 0 amide bonds. The van der Waals surface area contributed by atoms with Crippen molar-refractivity contribution >= 4 is 33.5 Å². The van der Waals surface area contributed by atoms with Gasteiger partial charge in [-0.25, -0.2) is 0 Å². The van der Waals surface area contributed by atoms with E-state index in [0.717, 1.165) is 16.7 Å². The minimum absolute atomic E-state index is 1.00. The summed E-state index contributed by atoms with van der Waals surface area (Å²) < 4.78 is 3.22. The van der Waals surface area contributed by atoms with Crippen molar-refractivity contribution in [2.75, 3.05) is 0 Å². The number of benzene rings is 1. The van der Waals surface area contributed by atoms with Gasteiger partial charge in [0.15, 0.2) is 0 Å². The Hall–Kier alpha value is -0.580. The van der Waals surface area contributed by atoms with Gasteiger partial charge < -0.3 is 0 Å². The summed E-state index contributed by atoms with van der Waals surface area (Å²) >= 11 is 2.30. The molecule has 2 aromatic rings. The van der Waals surface area contributed by atoms with Gasteiger partial charge in [-0.1, -0.05) is 25.1 Å². The Morgan fingerprint density at radius 2 is 2.21 bits per heavy atom. The highest BCUT2D eigenvalue weighted by atomic mass is 127. The lowest BCUT2D eigenvalue weighted by Gasteiger charge is -2.02. The van der Waals surface area contributed by atoms with Crippen molar-refractivity contribution in [2.45, 2.75) is 26.8 Å². The maximum atomic E-state index is 4.54. The van der Waals surface area contributed by atoms with Gasteiger partial charge in [0.2, 0.25) is 0 Å². The first kappa shape index (κ1) is 9.96. The number of hydrogen-bond donors (Lipinski definition) is 0. The first-order chi connectivity index (χ1) is 6.74. The van der Waals surface area contributed by atoms with Crippen LogP contribution in [0.5, 0.6) is 0 Å². The summed E-state index contributed by atoms with van der Waals surface area (Å²) in [7, 11) is 0. The number of rotatable bonds is 2. The fraction of sp³-hybridized carbons (Fsp3) is 0.364. The summed E-state index contributed by atoms with van der Waals surface area (Å²) in [5.41, 5.74) is 2.60. The molecular formula is C11H13IN2. The highest BCUT2D eigenvalue weighted by Gasteiger charge is 2.08. The Labute approximate surface area is 97.4 Å². The standard InChI is InChI=1S/C11H13IN2/c1-3-7-14-10-8(2)5-4-6-9(10)11(12)13-14/h4-6H,3,7H2,1-2H3. The van der Waals surface area contributed by atoms with Gasteiger partial charge in [-0.2, -0.15) is 5.10 Å². The number of aryl methyl sites for hydroxylation is 2. The Kier molecular flexibility index (Phi) is 2.76. The molecule has 0 aliphatic heterocycles. The number of halogens is 1. The van der Waals surface area contributed by atoms with Crippen LogP contribution in [0.15, 0.2) is 18.2 Å². The second-order valence-electron chi connectivity index (χ2n) is 3.49. The van der Waals surface area contributed by atoms with Gasteiger partial charge in [0.25, 0.3) is 0 Å². The Morgan fingerprint density at radius 3 is 2.93 bits per heavy atom. The summed E-state index contributed by atoms with van der Waals surface area (Å²) in [5, 5.41) is 5.82. The molecule has 74 valence electrons.